The molecular formula is C70H67N. The van der Waals surface area contributed by atoms with E-state index in [4.69, 9.17) is 0 Å². The van der Waals surface area contributed by atoms with E-state index >= 15 is 0 Å². The second kappa shape index (κ2) is 14.8. The Morgan fingerprint density at radius 3 is 1.37 bits per heavy atom. The summed E-state index contributed by atoms with van der Waals surface area (Å²) in [6.07, 6.45) is 8.49. The lowest BCUT2D eigenvalue weighted by atomic mass is 9.47. The monoisotopic (exact) mass is 922 g/mol. The highest BCUT2D eigenvalue weighted by atomic mass is 15.1. The maximum atomic E-state index is 2.59. The summed E-state index contributed by atoms with van der Waals surface area (Å²) in [5.74, 6) is 2.71. The minimum Gasteiger partial charge on any atom is -0.310 e. The van der Waals surface area contributed by atoms with Crippen molar-refractivity contribution in [2.75, 3.05) is 4.90 Å². The lowest BCUT2D eigenvalue weighted by Gasteiger charge is -2.57. The molecular weight excluding hydrogens is 855 g/mol. The fraction of sp³-hybridized carbons (Fsp3) is 0.314. The predicted octanol–water partition coefficient (Wildman–Crippen LogP) is 18.5. The van der Waals surface area contributed by atoms with E-state index < -0.39 is 5.41 Å². The molecule has 15 rings (SSSR count). The summed E-state index contributed by atoms with van der Waals surface area (Å²) in [6, 6.07) is 67.1. The van der Waals surface area contributed by atoms with Crippen molar-refractivity contribution in [2.45, 2.75) is 121 Å². The Morgan fingerprint density at radius 1 is 0.366 bits per heavy atom. The number of benzene rings is 8. The lowest BCUT2D eigenvalue weighted by Crippen LogP contribution is -2.48. The van der Waals surface area contributed by atoms with Crippen molar-refractivity contribution < 1.29 is 0 Å². The molecule has 4 bridgehead atoms. The fourth-order valence-electron chi connectivity index (χ4n) is 16.0. The summed E-state index contributed by atoms with van der Waals surface area (Å²) < 4.78 is 0. The van der Waals surface area contributed by atoms with E-state index in [0.29, 0.717) is 5.41 Å². The van der Waals surface area contributed by atoms with Crippen LogP contribution in [-0.4, -0.2) is 0 Å². The van der Waals surface area contributed by atoms with Crippen LogP contribution in [0.25, 0.3) is 44.5 Å². The molecule has 352 valence electrons. The molecule has 0 radical (unpaired) electrons. The zero-order valence-electron chi connectivity index (χ0n) is 43.1. The van der Waals surface area contributed by atoms with Gasteiger partial charge in [0.2, 0.25) is 0 Å². The number of hydrogen-bond donors (Lipinski definition) is 0. The van der Waals surface area contributed by atoms with Gasteiger partial charge in [0.05, 0.1) is 5.41 Å². The summed E-state index contributed by atoms with van der Waals surface area (Å²) in [4.78, 5) is 2.56. The van der Waals surface area contributed by atoms with Crippen LogP contribution in [0.5, 0.6) is 0 Å². The Hall–Kier alpha value is -6.44. The molecule has 4 fully saturated rings. The van der Waals surface area contributed by atoms with E-state index in [9.17, 15) is 0 Å². The molecule has 1 heteroatoms. The molecule has 4 saturated carbocycles. The van der Waals surface area contributed by atoms with Gasteiger partial charge in [-0.2, -0.15) is 0 Å². The maximum Gasteiger partial charge on any atom is 0.0726 e. The van der Waals surface area contributed by atoms with Crippen molar-refractivity contribution in [1.82, 2.24) is 0 Å². The number of fused-ring (bicyclic) bond motifs is 13. The zero-order chi connectivity index (χ0) is 48.4. The zero-order valence-corrected chi connectivity index (χ0v) is 43.1. The molecule has 71 heavy (non-hydrogen) atoms. The lowest BCUT2D eigenvalue weighted by molar-refractivity contribution is -0.00492. The largest absolute Gasteiger partial charge is 0.310 e. The van der Waals surface area contributed by atoms with Crippen LogP contribution in [-0.2, 0) is 27.1 Å². The minimum atomic E-state index is -0.494. The highest BCUT2D eigenvalue weighted by Crippen LogP contribution is 2.65. The smallest absolute Gasteiger partial charge is 0.0726 e. The summed E-state index contributed by atoms with van der Waals surface area (Å²) in [5.41, 5.74) is 26.8. The van der Waals surface area contributed by atoms with E-state index in [1.165, 1.54) is 145 Å². The molecule has 1 spiro atoms. The van der Waals surface area contributed by atoms with Crippen LogP contribution in [0, 0.1) is 17.8 Å². The van der Waals surface area contributed by atoms with Gasteiger partial charge in [0, 0.05) is 22.5 Å². The predicted molar refractivity (Wildman–Crippen MR) is 298 cm³/mol. The van der Waals surface area contributed by atoms with Crippen molar-refractivity contribution in [1.29, 1.82) is 0 Å². The van der Waals surface area contributed by atoms with Gasteiger partial charge in [-0.25, -0.2) is 0 Å². The van der Waals surface area contributed by atoms with Crippen molar-refractivity contribution in [3.8, 4) is 44.5 Å². The SMILES string of the molecule is CC(C)(C)c1ccc2c(c1)C1(c3ccccc3-c3ccc(N(c4ccc(-c5ccccc5C56CC7CC(CC(C7)C5)C6)cc4)c4ccc5c(c4)-c4ccccc4C5(C)C)cc31)c1cc(C(C)(C)C)ccc1-2. The topological polar surface area (TPSA) is 3.24 Å². The molecule has 0 atom stereocenters. The van der Waals surface area contributed by atoms with Gasteiger partial charge in [-0.05, 0) is 204 Å². The van der Waals surface area contributed by atoms with Crippen molar-refractivity contribution in [3.63, 3.8) is 0 Å². The van der Waals surface area contributed by atoms with Gasteiger partial charge in [0.15, 0.2) is 0 Å². The summed E-state index contributed by atoms with van der Waals surface area (Å²) in [6.45, 7) is 18.9. The molecule has 0 unspecified atom stereocenters. The molecule has 0 aliphatic heterocycles. The van der Waals surface area contributed by atoms with Crippen LogP contribution >= 0.6 is 0 Å². The minimum absolute atomic E-state index is 0.0101. The van der Waals surface area contributed by atoms with Crippen LogP contribution in [0.2, 0.25) is 0 Å². The molecule has 7 aliphatic rings. The molecule has 0 aromatic heterocycles. The summed E-state index contributed by atoms with van der Waals surface area (Å²) in [7, 11) is 0. The van der Waals surface area contributed by atoms with Gasteiger partial charge >= 0.3 is 0 Å². The average Bonchev–Trinajstić information content (AvgIpc) is 3.91. The molecule has 0 heterocycles. The first kappa shape index (κ1) is 43.4. The van der Waals surface area contributed by atoms with Crippen molar-refractivity contribution in [3.05, 3.63) is 220 Å². The van der Waals surface area contributed by atoms with E-state index in [0.717, 1.165) is 17.8 Å². The molecule has 7 aliphatic carbocycles. The second-order valence-corrected chi connectivity index (χ2v) is 25.6. The van der Waals surface area contributed by atoms with Gasteiger partial charge in [-0.3, -0.25) is 0 Å². The molecule has 0 amide bonds. The highest BCUT2D eigenvalue weighted by molar-refractivity contribution is 5.97. The third-order valence-corrected chi connectivity index (χ3v) is 19.0. The Balaban J connectivity index is 0.981. The first-order valence-corrected chi connectivity index (χ1v) is 26.9. The number of hydrogen-bond acceptors (Lipinski definition) is 1. The van der Waals surface area contributed by atoms with E-state index in [1.807, 2.05) is 0 Å². The number of anilines is 3. The highest BCUT2D eigenvalue weighted by Gasteiger charge is 2.54. The first-order chi connectivity index (χ1) is 34.1. The molecule has 1 nitrogen and oxygen atoms in total. The summed E-state index contributed by atoms with van der Waals surface area (Å²) >= 11 is 0. The second-order valence-electron chi connectivity index (χ2n) is 25.6. The van der Waals surface area contributed by atoms with E-state index in [1.54, 1.807) is 5.56 Å². The molecule has 0 N–H and O–H groups in total. The standard InChI is InChI=1S/C70H67N/c1-66(2,3)47-23-29-55-56-30-24-48(67(4,5)6)37-64(56)70(63(55)36-47)62-20-14-11-16-53(62)57-31-27-51(39-65(57)70)71(50-28-32-60-58(38-50)54-17-10-12-18-59(54)68(60,7)8)49-25-21-46(22-26-49)52-15-9-13-19-61(52)69-40-43-33-44(41-69)35-45(34-43)42-69/h9-32,36-39,43-45H,33-35,40-42H2,1-8H3. The third-order valence-electron chi connectivity index (χ3n) is 19.0. The molecule has 8 aromatic rings. The normalized spacial score (nSPS) is 22.2. The third kappa shape index (κ3) is 6.17. The van der Waals surface area contributed by atoms with Crippen molar-refractivity contribution >= 4 is 17.1 Å². The van der Waals surface area contributed by atoms with Crippen LogP contribution in [0.15, 0.2) is 170 Å². The summed E-state index contributed by atoms with van der Waals surface area (Å²) in [5, 5.41) is 0. The Bertz CT molecular complexity index is 3410. The Labute approximate surface area is 423 Å². The number of rotatable bonds is 5. The quantitative estimate of drug-likeness (QED) is 0.166. The fourth-order valence-corrected chi connectivity index (χ4v) is 16.0. The molecule has 0 saturated heterocycles. The molecule has 8 aromatic carbocycles. The van der Waals surface area contributed by atoms with Crippen LogP contribution in [0.1, 0.15) is 144 Å². The van der Waals surface area contributed by atoms with E-state index in [-0.39, 0.29) is 16.2 Å². The number of nitrogens with zero attached hydrogens (tertiary/aromatic N) is 1. The van der Waals surface area contributed by atoms with Crippen molar-refractivity contribution in [2.24, 2.45) is 17.8 Å². The maximum absolute atomic E-state index is 2.59. The van der Waals surface area contributed by atoms with Gasteiger partial charge in [0.25, 0.3) is 0 Å². The van der Waals surface area contributed by atoms with Crippen LogP contribution in [0.4, 0.5) is 17.1 Å². The van der Waals surface area contributed by atoms with Crippen LogP contribution < -0.4 is 4.90 Å². The van der Waals surface area contributed by atoms with Gasteiger partial charge < -0.3 is 4.90 Å². The Morgan fingerprint density at radius 2 is 0.789 bits per heavy atom. The first-order valence-electron chi connectivity index (χ1n) is 26.9. The average molecular weight is 922 g/mol. The van der Waals surface area contributed by atoms with Gasteiger partial charge in [-0.15, -0.1) is 0 Å². The Kier molecular flexibility index (Phi) is 9.05. The van der Waals surface area contributed by atoms with E-state index in [2.05, 4.69) is 230 Å². The van der Waals surface area contributed by atoms with Gasteiger partial charge in [-0.1, -0.05) is 189 Å². The van der Waals surface area contributed by atoms with Crippen LogP contribution in [0.3, 0.4) is 0 Å². The van der Waals surface area contributed by atoms with Gasteiger partial charge in [0.1, 0.15) is 0 Å².